The van der Waals surface area contributed by atoms with E-state index in [1.165, 1.54) is 16.8 Å². The Balaban J connectivity index is 1.48. The molecule has 0 aliphatic carbocycles. The topological polar surface area (TPSA) is 125 Å². The maximum atomic E-state index is 15.8. The zero-order chi connectivity index (χ0) is 30.8. The highest BCUT2D eigenvalue weighted by Gasteiger charge is 2.30. The molecule has 43 heavy (non-hydrogen) atoms. The van der Waals surface area contributed by atoms with Gasteiger partial charge >= 0.3 is 0 Å². The molecule has 2 aromatic heterocycles. The Morgan fingerprint density at radius 1 is 1.09 bits per heavy atom. The molecule has 2 saturated heterocycles. The summed E-state index contributed by atoms with van der Waals surface area (Å²) in [7, 11) is 4.07. The van der Waals surface area contributed by atoms with Gasteiger partial charge in [0.2, 0.25) is 0 Å². The van der Waals surface area contributed by atoms with Gasteiger partial charge in [-0.05, 0) is 58.6 Å². The Hall–Kier alpha value is -3.62. The predicted molar refractivity (Wildman–Crippen MR) is 163 cm³/mol. The summed E-state index contributed by atoms with van der Waals surface area (Å²) in [5, 5.41) is 10.9. The Morgan fingerprint density at radius 3 is 2.49 bits per heavy atom. The number of likely N-dealkylation sites (tertiary alicyclic amines) is 1. The molecule has 232 valence electrons. The molecule has 15 heteroatoms. The van der Waals surface area contributed by atoms with Gasteiger partial charge in [0.05, 0.1) is 17.6 Å². The third-order valence-corrected chi connectivity index (χ3v) is 8.79. The molecule has 0 unspecified atom stereocenters. The number of nitrogen functional groups attached to an aromatic ring is 1. The van der Waals surface area contributed by atoms with E-state index in [4.69, 9.17) is 17.3 Å². The number of carbonyl (C=O) groups is 1. The SMILES string of the molecule is CCN(CC)[C@H]1CCN(c2cc(F)c(-n3cc(N(C)C4CCN(C)CC4)nn3)cc2NC(=O)c2nc(N)c(F)nc2Cl)C1. The van der Waals surface area contributed by atoms with Crippen LogP contribution in [0.3, 0.4) is 0 Å². The van der Waals surface area contributed by atoms with Crippen molar-refractivity contribution in [2.24, 2.45) is 0 Å². The molecule has 3 N–H and O–H groups in total. The smallest absolute Gasteiger partial charge is 0.277 e. The van der Waals surface area contributed by atoms with Crippen molar-refractivity contribution in [1.82, 2.24) is 34.8 Å². The molecule has 0 saturated carbocycles. The van der Waals surface area contributed by atoms with E-state index in [-0.39, 0.29) is 17.4 Å². The summed E-state index contributed by atoms with van der Waals surface area (Å²) >= 11 is 6.04. The highest BCUT2D eigenvalue weighted by molar-refractivity contribution is 6.33. The molecule has 1 atom stereocenters. The average molecular weight is 618 g/mol. The van der Waals surface area contributed by atoms with Gasteiger partial charge in [0, 0.05) is 38.3 Å². The fraction of sp³-hybridized carbons (Fsp3) is 0.536. The van der Waals surface area contributed by atoms with Crippen molar-refractivity contribution in [3.8, 4) is 5.69 Å². The van der Waals surface area contributed by atoms with Gasteiger partial charge in [-0.3, -0.25) is 9.69 Å². The molecule has 0 bridgehead atoms. The Kier molecular flexibility index (Phi) is 9.28. The van der Waals surface area contributed by atoms with Crippen LogP contribution in [0.5, 0.6) is 0 Å². The normalized spacial score (nSPS) is 18.0. The number of piperidine rings is 1. The van der Waals surface area contributed by atoms with E-state index in [2.05, 4.69) is 61.2 Å². The second-order valence-corrected chi connectivity index (χ2v) is 11.4. The highest BCUT2D eigenvalue weighted by atomic mass is 35.5. The zero-order valence-electron chi connectivity index (χ0n) is 24.9. The Labute approximate surface area is 254 Å². The van der Waals surface area contributed by atoms with Crippen molar-refractivity contribution in [1.29, 1.82) is 0 Å². The van der Waals surface area contributed by atoms with Crippen LogP contribution in [0, 0.1) is 11.8 Å². The van der Waals surface area contributed by atoms with Gasteiger partial charge in [-0.1, -0.05) is 30.7 Å². The number of rotatable bonds is 9. The third kappa shape index (κ3) is 6.50. The van der Waals surface area contributed by atoms with Gasteiger partial charge < -0.3 is 25.8 Å². The monoisotopic (exact) mass is 617 g/mol. The minimum Gasteiger partial charge on any atom is -0.380 e. The van der Waals surface area contributed by atoms with Crippen molar-refractivity contribution in [3.05, 3.63) is 40.9 Å². The van der Waals surface area contributed by atoms with Crippen molar-refractivity contribution in [2.75, 3.05) is 74.2 Å². The quantitative estimate of drug-likeness (QED) is 0.370. The fourth-order valence-corrected chi connectivity index (χ4v) is 6.13. The summed E-state index contributed by atoms with van der Waals surface area (Å²) in [6.07, 6.45) is 4.54. The number of amides is 1. The van der Waals surface area contributed by atoms with E-state index in [0.29, 0.717) is 36.3 Å². The number of anilines is 4. The van der Waals surface area contributed by atoms with Crippen LogP contribution in [0.15, 0.2) is 18.3 Å². The van der Waals surface area contributed by atoms with Crippen LogP contribution in [-0.2, 0) is 0 Å². The number of carbonyl (C=O) groups excluding carboxylic acids is 1. The molecular formula is C28H38ClF2N11O. The van der Waals surface area contributed by atoms with Gasteiger partial charge in [-0.25, -0.2) is 19.0 Å². The van der Waals surface area contributed by atoms with Crippen molar-refractivity contribution in [2.45, 2.75) is 45.2 Å². The Bertz CT molecular complexity index is 1460. The lowest BCUT2D eigenvalue weighted by molar-refractivity contribution is 0.102. The summed E-state index contributed by atoms with van der Waals surface area (Å²) in [6, 6.07) is 3.48. The van der Waals surface area contributed by atoms with Crippen LogP contribution in [0.4, 0.5) is 31.8 Å². The molecule has 0 radical (unpaired) electrons. The Morgan fingerprint density at radius 2 is 1.79 bits per heavy atom. The number of nitrogens with one attached hydrogen (secondary N) is 1. The van der Waals surface area contributed by atoms with Crippen LogP contribution >= 0.6 is 11.6 Å². The number of halogens is 3. The van der Waals surface area contributed by atoms with E-state index >= 15 is 4.39 Å². The van der Waals surface area contributed by atoms with Crippen molar-refractivity contribution < 1.29 is 13.6 Å². The minimum atomic E-state index is -1.07. The third-order valence-electron chi connectivity index (χ3n) is 8.52. The van der Waals surface area contributed by atoms with Crippen LogP contribution in [0.25, 0.3) is 5.69 Å². The van der Waals surface area contributed by atoms with E-state index in [1.807, 2.05) is 11.9 Å². The molecule has 1 aromatic carbocycles. The number of hydrogen-bond acceptors (Lipinski definition) is 10. The lowest BCUT2D eigenvalue weighted by Gasteiger charge is -2.34. The van der Waals surface area contributed by atoms with Crippen molar-refractivity contribution in [3.63, 3.8) is 0 Å². The molecule has 4 heterocycles. The summed E-state index contributed by atoms with van der Waals surface area (Å²) in [5.74, 6) is -2.29. The van der Waals surface area contributed by atoms with E-state index < -0.39 is 28.6 Å². The van der Waals surface area contributed by atoms with Crippen molar-refractivity contribution >= 4 is 40.5 Å². The standard InChI is InChI=1S/C28H38ClF2N11O/c1-5-40(6-2)18-9-12-41(15-18)22-13-19(30)21(14-20(22)33-28(43)24-25(29)35-26(31)27(32)34-24)42-16-23(36-37-42)39(4)17-7-10-38(3)11-8-17/h13-14,16-18H,5-12,15H2,1-4H3,(H2,32,34)(H,33,43)/t18-/m0/s1. The largest absolute Gasteiger partial charge is 0.380 e. The summed E-state index contributed by atoms with van der Waals surface area (Å²) in [6.45, 7) is 9.32. The predicted octanol–water partition coefficient (Wildman–Crippen LogP) is 3.27. The molecule has 2 fully saturated rings. The summed E-state index contributed by atoms with van der Waals surface area (Å²) < 4.78 is 31.0. The van der Waals surface area contributed by atoms with Gasteiger partial charge in [-0.15, -0.1) is 5.10 Å². The van der Waals surface area contributed by atoms with Crippen LogP contribution < -0.4 is 20.9 Å². The minimum absolute atomic E-state index is 0.102. The van der Waals surface area contributed by atoms with Gasteiger partial charge in [0.15, 0.2) is 28.3 Å². The zero-order valence-corrected chi connectivity index (χ0v) is 25.7. The fourth-order valence-electron chi connectivity index (χ4n) is 5.93. The molecule has 5 rings (SSSR count). The van der Waals surface area contributed by atoms with Crippen LogP contribution in [0.1, 0.15) is 43.6 Å². The number of nitrogens with zero attached hydrogens (tertiary/aromatic N) is 9. The molecule has 0 spiro atoms. The molecule has 1 amide bonds. The number of nitrogens with two attached hydrogens (primary N) is 1. The lowest BCUT2D eigenvalue weighted by Crippen LogP contribution is -2.42. The molecular weight excluding hydrogens is 580 g/mol. The first kappa shape index (κ1) is 30.8. The lowest BCUT2D eigenvalue weighted by atomic mass is 10.0. The number of aromatic nitrogens is 5. The first-order valence-corrected chi connectivity index (χ1v) is 14.9. The maximum absolute atomic E-state index is 15.8. The van der Waals surface area contributed by atoms with E-state index in [1.54, 1.807) is 6.20 Å². The summed E-state index contributed by atoms with van der Waals surface area (Å²) in [5.41, 5.74) is 6.11. The molecule has 3 aromatic rings. The highest BCUT2D eigenvalue weighted by Crippen LogP contribution is 2.35. The molecule has 2 aliphatic rings. The first-order chi connectivity index (χ1) is 20.6. The molecule has 12 nitrogen and oxygen atoms in total. The summed E-state index contributed by atoms with van der Waals surface area (Å²) in [4.78, 5) is 29.3. The van der Waals surface area contributed by atoms with E-state index in [0.717, 1.165) is 45.4 Å². The number of likely N-dealkylation sites (N-methyl/N-ethyl adjacent to an activating group) is 1. The maximum Gasteiger partial charge on any atom is 0.277 e. The number of hydrogen-bond donors (Lipinski definition) is 2. The second kappa shape index (κ2) is 12.9. The van der Waals surface area contributed by atoms with E-state index in [9.17, 15) is 9.18 Å². The second-order valence-electron chi connectivity index (χ2n) is 11.1. The average Bonchev–Trinajstić information content (AvgIpc) is 3.67. The van der Waals surface area contributed by atoms with Crippen LogP contribution in [0.2, 0.25) is 5.15 Å². The van der Waals surface area contributed by atoms with Gasteiger partial charge in [0.1, 0.15) is 5.69 Å². The van der Waals surface area contributed by atoms with Crippen LogP contribution in [-0.4, -0.2) is 106 Å². The molecule has 2 aliphatic heterocycles. The van der Waals surface area contributed by atoms with Gasteiger partial charge in [-0.2, -0.15) is 4.39 Å². The van der Waals surface area contributed by atoms with Gasteiger partial charge in [0.25, 0.3) is 11.9 Å². The first-order valence-electron chi connectivity index (χ1n) is 14.6. The number of benzene rings is 1.